The van der Waals surface area contributed by atoms with Crippen molar-refractivity contribution >= 4 is 0 Å². The van der Waals surface area contributed by atoms with E-state index in [1.165, 1.54) is 0 Å². The Labute approximate surface area is 56.1 Å². The van der Waals surface area contributed by atoms with Crippen LogP contribution in [0.25, 0.3) is 0 Å². The van der Waals surface area contributed by atoms with E-state index < -0.39 is 5.60 Å². The third-order valence-corrected chi connectivity index (χ3v) is 1.80. The minimum atomic E-state index is -0.641. The smallest absolute Gasteiger partial charge is 0.125 e. The second kappa shape index (κ2) is 2.41. The third-order valence-electron chi connectivity index (χ3n) is 1.80. The van der Waals surface area contributed by atoms with E-state index in [1.54, 1.807) is 0 Å². The molecule has 0 saturated carbocycles. The molecule has 1 rings (SSSR count). The van der Waals surface area contributed by atoms with Gasteiger partial charge >= 0.3 is 0 Å². The van der Waals surface area contributed by atoms with E-state index in [1.807, 2.05) is 6.92 Å². The highest BCUT2D eigenvalue weighted by Crippen LogP contribution is 2.19. The van der Waals surface area contributed by atoms with Gasteiger partial charge in [0.15, 0.2) is 0 Å². The lowest BCUT2D eigenvalue weighted by Gasteiger charge is -2.21. The standard InChI is InChI=1S/C8H12O/c1-2-8(9)6-4-3-5-7-8/h9H,2-4,6H2,1H3. The Morgan fingerprint density at radius 2 is 2.44 bits per heavy atom. The van der Waals surface area contributed by atoms with Crippen LogP contribution in [0, 0.1) is 11.8 Å². The number of hydrogen-bond acceptors (Lipinski definition) is 1. The summed E-state index contributed by atoms with van der Waals surface area (Å²) in [7, 11) is 0. The van der Waals surface area contributed by atoms with Gasteiger partial charge in [-0.2, -0.15) is 0 Å². The molecule has 0 aromatic carbocycles. The summed E-state index contributed by atoms with van der Waals surface area (Å²) in [6, 6.07) is 0. The van der Waals surface area contributed by atoms with E-state index in [0.717, 1.165) is 25.7 Å². The molecule has 0 heterocycles. The molecule has 1 unspecified atom stereocenters. The summed E-state index contributed by atoms with van der Waals surface area (Å²) in [5, 5.41) is 9.51. The molecule has 1 aliphatic carbocycles. The minimum Gasteiger partial charge on any atom is -0.378 e. The molecule has 0 spiro atoms. The molecular weight excluding hydrogens is 112 g/mol. The second-order valence-electron chi connectivity index (χ2n) is 2.54. The van der Waals surface area contributed by atoms with E-state index in [-0.39, 0.29) is 0 Å². The molecule has 1 nitrogen and oxygen atoms in total. The van der Waals surface area contributed by atoms with Crippen molar-refractivity contribution in [3.05, 3.63) is 0 Å². The molecule has 1 atom stereocenters. The predicted molar refractivity (Wildman–Crippen MR) is 36.9 cm³/mol. The highest BCUT2D eigenvalue weighted by Gasteiger charge is 2.22. The second-order valence-corrected chi connectivity index (χ2v) is 2.54. The zero-order valence-corrected chi connectivity index (χ0v) is 5.78. The van der Waals surface area contributed by atoms with Crippen molar-refractivity contribution < 1.29 is 5.11 Å². The van der Waals surface area contributed by atoms with Crippen molar-refractivity contribution in [2.24, 2.45) is 0 Å². The fraction of sp³-hybridized carbons (Fsp3) is 0.750. The van der Waals surface area contributed by atoms with Gasteiger partial charge in [0.1, 0.15) is 5.60 Å². The topological polar surface area (TPSA) is 20.2 Å². The zero-order chi connectivity index (χ0) is 6.74. The highest BCUT2D eigenvalue weighted by molar-refractivity contribution is 5.16. The van der Waals surface area contributed by atoms with E-state index >= 15 is 0 Å². The molecule has 0 aliphatic heterocycles. The van der Waals surface area contributed by atoms with Crippen LogP contribution in [0.2, 0.25) is 0 Å². The lowest BCUT2D eigenvalue weighted by Crippen LogP contribution is -2.26. The van der Waals surface area contributed by atoms with Crippen LogP contribution in [0.1, 0.15) is 32.6 Å². The van der Waals surface area contributed by atoms with E-state index in [0.29, 0.717) is 0 Å². The summed E-state index contributed by atoms with van der Waals surface area (Å²) < 4.78 is 0. The van der Waals surface area contributed by atoms with Gasteiger partial charge in [-0.1, -0.05) is 12.8 Å². The minimum absolute atomic E-state index is 0.641. The van der Waals surface area contributed by atoms with Gasteiger partial charge in [0.25, 0.3) is 0 Å². The van der Waals surface area contributed by atoms with Crippen molar-refractivity contribution in [1.29, 1.82) is 0 Å². The summed E-state index contributed by atoms with van der Waals surface area (Å²) in [6.07, 6.45) is 3.64. The highest BCUT2D eigenvalue weighted by atomic mass is 16.3. The van der Waals surface area contributed by atoms with Crippen LogP contribution in [-0.2, 0) is 0 Å². The fourth-order valence-corrected chi connectivity index (χ4v) is 1.02. The van der Waals surface area contributed by atoms with Gasteiger partial charge in [0, 0.05) is 6.42 Å². The van der Waals surface area contributed by atoms with Crippen LogP contribution in [0.4, 0.5) is 0 Å². The third kappa shape index (κ3) is 1.46. The SMILES string of the molecule is CCC1(O)C#CCCC1. The first-order valence-electron chi connectivity index (χ1n) is 3.49. The van der Waals surface area contributed by atoms with Crippen LogP contribution in [0.15, 0.2) is 0 Å². The predicted octanol–water partition coefficient (Wildman–Crippen LogP) is 1.31. The average molecular weight is 124 g/mol. The Bertz CT molecular complexity index is 152. The number of aliphatic hydroxyl groups is 1. The number of rotatable bonds is 1. The molecule has 9 heavy (non-hydrogen) atoms. The maximum Gasteiger partial charge on any atom is 0.125 e. The van der Waals surface area contributed by atoms with Crippen LogP contribution < -0.4 is 0 Å². The van der Waals surface area contributed by atoms with Gasteiger partial charge in [0.05, 0.1) is 0 Å². The summed E-state index contributed by atoms with van der Waals surface area (Å²) in [5.74, 6) is 5.78. The van der Waals surface area contributed by atoms with Crippen molar-refractivity contribution in [3.63, 3.8) is 0 Å². The van der Waals surface area contributed by atoms with Crippen LogP contribution in [0.3, 0.4) is 0 Å². The first-order chi connectivity index (χ1) is 4.27. The number of hydrogen-bond donors (Lipinski definition) is 1. The van der Waals surface area contributed by atoms with Crippen LogP contribution in [0.5, 0.6) is 0 Å². The van der Waals surface area contributed by atoms with Crippen LogP contribution >= 0.6 is 0 Å². The molecule has 0 amide bonds. The Morgan fingerprint density at radius 3 is 2.78 bits per heavy atom. The van der Waals surface area contributed by atoms with E-state index in [9.17, 15) is 5.11 Å². The van der Waals surface area contributed by atoms with Gasteiger partial charge in [0.2, 0.25) is 0 Å². The molecule has 1 heteroatoms. The summed E-state index contributed by atoms with van der Waals surface area (Å²) >= 11 is 0. The maximum absolute atomic E-state index is 9.51. The summed E-state index contributed by atoms with van der Waals surface area (Å²) in [4.78, 5) is 0. The van der Waals surface area contributed by atoms with Gasteiger partial charge < -0.3 is 5.11 Å². The Morgan fingerprint density at radius 1 is 1.67 bits per heavy atom. The van der Waals surface area contributed by atoms with Crippen molar-refractivity contribution in [2.75, 3.05) is 0 Å². The molecule has 0 fully saturated rings. The first-order valence-corrected chi connectivity index (χ1v) is 3.49. The Hall–Kier alpha value is -0.480. The van der Waals surface area contributed by atoms with Gasteiger partial charge in [-0.3, -0.25) is 0 Å². The lowest BCUT2D eigenvalue weighted by molar-refractivity contribution is 0.0829. The molecular formula is C8H12O. The summed E-state index contributed by atoms with van der Waals surface area (Å²) in [6.45, 7) is 1.97. The maximum atomic E-state index is 9.51. The molecule has 1 N–H and O–H groups in total. The first kappa shape index (κ1) is 6.64. The Kier molecular flexibility index (Phi) is 1.78. The molecule has 0 bridgehead atoms. The van der Waals surface area contributed by atoms with Gasteiger partial charge in [-0.15, -0.1) is 5.92 Å². The lowest BCUT2D eigenvalue weighted by atomic mass is 9.91. The molecule has 0 saturated heterocycles. The van der Waals surface area contributed by atoms with Crippen LogP contribution in [-0.4, -0.2) is 10.7 Å². The zero-order valence-electron chi connectivity index (χ0n) is 5.78. The molecule has 1 aliphatic rings. The molecule has 0 aromatic heterocycles. The normalized spacial score (nSPS) is 33.1. The van der Waals surface area contributed by atoms with E-state index in [4.69, 9.17) is 0 Å². The molecule has 0 aromatic rings. The van der Waals surface area contributed by atoms with Gasteiger partial charge in [-0.25, -0.2) is 0 Å². The fourth-order valence-electron chi connectivity index (χ4n) is 1.02. The monoisotopic (exact) mass is 124 g/mol. The quantitative estimate of drug-likeness (QED) is 0.522. The van der Waals surface area contributed by atoms with E-state index in [2.05, 4.69) is 11.8 Å². The van der Waals surface area contributed by atoms with Gasteiger partial charge in [-0.05, 0) is 19.3 Å². The van der Waals surface area contributed by atoms with Crippen molar-refractivity contribution in [1.82, 2.24) is 0 Å². The Balaban J connectivity index is 2.63. The van der Waals surface area contributed by atoms with Crippen molar-refractivity contribution in [2.45, 2.75) is 38.2 Å². The molecule has 50 valence electrons. The molecule has 0 radical (unpaired) electrons. The summed E-state index contributed by atoms with van der Waals surface area (Å²) in [5.41, 5.74) is -0.641. The van der Waals surface area contributed by atoms with Crippen molar-refractivity contribution in [3.8, 4) is 11.8 Å². The average Bonchev–Trinajstić information content (AvgIpc) is 1.90. The largest absolute Gasteiger partial charge is 0.378 e.